The Labute approximate surface area is 163 Å². The van der Waals surface area contributed by atoms with Crippen LogP contribution in [0.15, 0.2) is 53.1 Å². The molecule has 2 aromatic carbocycles. The van der Waals surface area contributed by atoms with E-state index in [9.17, 15) is 0 Å². The van der Waals surface area contributed by atoms with Crippen molar-refractivity contribution in [1.82, 2.24) is 4.98 Å². The van der Waals surface area contributed by atoms with E-state index in [1.54, 1.807) is 12.4 Å². The fraction of sp³-hybridized carbons (Fsp3) is 0.238. The molecule has 1 aromatic heterocycles. The highest BCUT2D eigenvalue weighted by molar-refractivity contribution is 7.13. The lowest BCUT2D eigenvalue weighted by atomic mass is 10.1. The molecule has 0 saturated carbocycles. The van der Waals surface area contributed by atoms with Crippen LogP contribution >= 0.6 is 11.3 Å². The summed E-state index contributed by atoms with van der Waals surface area (Å²) in [6, 6.07) is 12.2. The van der Waals surface area contributed by atoms with Gasteiger partial charge < -0.3 is 9.47 Å². The molecule has 0 aliphatic rings. The second kappa shape index (κ2) is 9.19. The van der Waals surface area contributed by atoms with Crippen molar-refractivity contribution in [3.8, 4) is 11.5 Å². The maximum Gasteiger partial charge on any atom is 0.203 e. The van der Waals surface area contributed by atoms with Gasteiger partial charge in [0.1, 0.15) is 6.61 Å². The molecule has 3 aromatic rings. The Kier molecular flexibility index (Phi) is 6.44. The zero-order chi connectivity index (χ0) is 19.1. The number of nitrogens with zero attached hydrogens (tertiary/aromatic N) is 2. The molecule has 140 valence electrons. The Morgan fingerprint density at radius 1 is 1.11 bits per heavy atom. The van der Waals surface area contributed by atoms with Gasteiger partial charge in [-0.2, -0.15) is 5.10 Å². The summed E-state index contributed by atoms with van der Waals surface area (Å²) in [7, 11) is 0. The van der Waals surface area contributed by atoms with Crippen molar-refractivity contribution in [2.24, 2.45) is 5.10 Å². The summed E-state index contributed by atoms with van der Waals surface area (Å²) in [4.78, 5) is 4.12. The first-order chi connectivity index (χ1) is 13.2. The van der Waals surface area contributed by atoms with Gasteiger partial charge in [-0.05, 0) is 55.7 Å². The molecule has 0 saturated heterocycles. The van der Waals surface area contributed by atoms with Crippen LogP contribution in [0.2, 0.25) is 0 Å². The highest BCUT2D eigenvalue weighted by Crippen LogP contribution is 2.29. The predicted molar refractivity (Wildman–Crippen MR) is 111 cm³/mol. The molecule has 3 rings (SSSR count). The average Bonchev–Trinajstić information content (AvgIpc) is 3.17. The van der Waals surface area contributed by atoms with Crippen LogP contribution < -0.4 is 14.9 Å². The SMILES string of the molecule is CCOc1cc(/C=N\Nc2nccs2)ccc1OCc1cc(C)ccc1C. The van der Waals surface area contributed by atoms with E-state index >= 15 is 0 Å². The zero-order valence-corrected chi connectivity index (χ0v) is 16.5. The van der Waals surface area contributed by atoms with Gasteiger partial charge in [-0.25, -0.2) is 4.98 Å². The highest BCUT2D eigenvalue weighted by Gasteiger charge is 2.08. The number of rotatable bonds is 8. The molecule has 0 unspecified atom stereocenters. The number of hydrazone groups is 1. The third-order valence-electron chi connectivity index (χ3n) is 3.96. The van der Waals surface area contributed by atoms with Crippen molar-refractivity contribution < 1.29 is 9.47 Å². The molecular formula is C21H23N3O2S. The van der Waals surface area contributed by atoms with Gasteiger partial charge in [-0.15, -0.1) is 11.3 Å². The number of benzene rings is 2. The van der Waals surface area contributed by atoms with E-state index in [4.69, 9.17) is 9.47 Å². The van der Waals surface area contributed by atoms with Crippen LogP contribution in [-0.4, -0.2) is 17.8 Å². The van der Waals surface area contributed by atoms with E-state index in [0.29, 0.717) is 19.0 Å². The number of thiazole rings is 1. The van der Waals surface area contributed by atoms with E-state index in [-0.39, 0.29) is 0 Å². The van der Waals surface area contributed by atoms with Gasteiger partial charge in [-0.1, -0.05) is 23.8 Å². The van der Waals surface area contributed by atoms with Crippen LogP contribution in [0.25, 0.3) is 0 Å². The summed E-state index contributed by atoms with van der Waals surface area (Å²) in [5.41, 5.74) is 7.44. The Balaban J connectivity index is 1.71. The van der Waals surface area contributed by atoms with Gasteiger partial charge in [0.15, 0.2) is 11.5 Å². The Morgan fingerprint density at radius 3 is 2.78 bits per heavy atom. The van der Waals surface area contributed by atoms with Crippen molar-refractivity contribution in [3.05, 3.63) is 70.2 Å². The minimum absolute atomic E-state index is 0.507. The van der Waals surface area contributed by atoms with Crippen molar-refractivity contribution in [2.75, 3.05) is 12.0 Å². The fourth-order valence-corrected chi connectivity index (χ4v) is 3.02. The molecule has 0 atom stereocenters. The summed E-state index contributed by atoms with van der Waals surface area (Å²) in [6.45, 7) is 7.21. The number of aromatic nitrogens is 1. The van der Waals surface area contributed by atoms with Crippen LogP contribution in [0, 0.1) is 13.8 Å². The molecule has 0 spiro atoms. The van der Waals surface area contributed by atoms with Crippen LogP contribution in [0.3, 0.4) is 0 Å². The van der Waals surface area contributed by atoms with Crippen LogP contribution in [-0.2, 0) is 6.61 Å². The predicted octanol–water partition coefficient (Wildman–Crippen LogP) is 5.18. The lowest BCUT2D eigenvalue weighted by molar-refractivity contribution is 0.269. The fourth-order valence-electron chi connectivity index (χ4n) is 2.54. The van der Waals surface area contributed by atoms with Crippen molar-refractivity contribution in [2.45, 2.75) is 27.4 Å². The normalized spacial score (nSPS) is 10.9. The van der Waals surface area contributed by atoms with Crippen LogP contribution in [0.1, 0.15) is 29.2 Å². The first kappa shape index (κ1) is 18.9. The maximum absolute atomic E-state index is 6.04. The zero-order valence-electron chi connectivity index (χ0n) is 15.7. The van der Waals surface area contributed by atoms with Gasteiger partial charge in [-0.3, -0.25) is 5.43 Å². The average molecular weight is 382 g/mol. The Morgan fingerprint density at radius 2 is 2.00 bits per heavy atom. The molecule has 0 radical (unpaired) electrons. The van der Waals surface area contributed by atoms with Crippen LogP contribution in [0.5, 0.6) is 11.5 Å². The third kappa shape index (κ3) is 5.31. The Bertz CT molecular complexity index is 908. The summed E-state index contributed by atoms with van der Waals surface area (Å²) < 4.78 is 11.8. The second-order valence-corrected chi connectivity index (χ2v) is 6.96. The van der Waals surface area contributed by atoms with Gasteiger partial charge in [0, 0.05) is 11.6 Å². The number of anilines is 1. The molecule has 0 amide bonds. The van der Waals surface area contributed by atoms with Crippen LogP contribution in [0.4, 0.5) is 5.13 Å². The lowest BCUT2D eigenvalue weighted by Gasteiger charge is -2.14. The second-order valence-electron chi connectivity index (χ2n) is 6.07. The monoisotopic (exact) mass is 381 g/mol. The molecule has 6 heteroatoms. The van der Waals surface area contributed by atoms with Gasteiger partial charge >= 0.3 is 0 Å². The molecule has 0 aliphatic heterocycles. The minimum atomic E-state index is 0.507. The summed E-state index contributed by atoms with van der Waals surface area (Å²) in [6.07, 6.45) is 3.47. The molecule has 0 bridgehead atoms. The number of hydrogen-bond acceptors (Lipinski definition) is 6. The molecule has 1 N–H and O–H groups in total. The van der Waals surface area contributed by atoms with Gasteiger partial charge in [0.2, 0.25) is 5.13 Å². The standard InChI is InChI=1S/C21H23N3O2S/c1-4-25-20-12-17(13-23-24-21-22-9-10-27-21)7-8-19(20)26-14-18-11-15(2)5-6-16(18)3/h5-13H,4,14H2,1-3H3,(H,22,24)/b23-13-. The summed E-state index contributed by atoms with van der Waals surface area (Å²) in [5, 5.41) is 6.86. The van der Waals surface area contributed by atoms with E-state index < -0.39 is 0 Å². The van der Waals surface area contributed by atoms with Crippen molar-refractivity contribution >= 4 is 22.7 Å². The molecule has 27 heavy (non-hydrogen) atoms. The van der Waals surface area contributed by atoms with Gasteiger partial charge in [0.25, 0.3) is 0 Å². The topological polar surface area (TPSA) is 55.7 Å². The number of ether oxygens (including phenoxy) is 2. The first-order valence-electron chi connectivity index (χ1n) is 8.80. The number of nitrogens with one attached hydrogen (secondary N) is 1. The van der Waals surface area contributed by atoms with Gasteiger partial charge in [0.05, 0.1) is 12.8 Å². The lowest BCUT2D eigenvalue weighted by Crippen LogP contribution is -2.02. The Hall–Kier alpha value is -2.86. The molecule has 5 nitrogen and oxygen atoms in total. The molecular weight excluding hydrogens is 358 g/mol. The first-order valence-corrected chi connectivity index (χ1v) is 9.68. The van der Waals surface area contributed by atoms with E-state index in [2.05, 4.69) is 47.6 Å². The molecule has 0 fully saturated rings. The van der Waals surface area contributed by atoms with E-state index in [0.717, 1.165) is 16.4 Å². The number of hydrogen-bond donors (Lipinski definition) is 1. The maximum atomic E-state index is 6.04. The number of aryl methyl sites for hydroxylation is 2. The smallest absolute Gasteiger partial charge is 0.203 e. The molecule has 0 aliphatic carbocycles. The minimum Gasteiger partial charge on any atom is -0.490 e. The summed E-state index contributed by atoms with van der Waals surface area (Å²) in [5.74, 6) is 1.43. The largest absolute Gasteiger partial charge is 0.490 e. The third-order valence-corrected chi connectivity index (χ3v) is 4.64. The van der Waals surface area contributed by atoms with E-state index in [1.165, 1.54) is 28.0 Å². The van der Waals surface area contributed by atoms with Crippen molar-refractivity contribution in [1.29, 1.82) is 0 Å². The molecule has 1 heterocycles. The quantitative estimate of drug-likeness (QED) is 0.431. The highest BCUT2D eigenvalue weighted by atomic mass is 32.1. The van der Waals surface area contributed by atoms with Crippen molar-refractivity contribution in [3.63, 3.8) is 0 Å². The van der Waals surface area contributed by atoms with E-state index in [1.807, 2.05) is 30.5 Å². The summed E-state index contributed by atoms with van der Waals surface area (Å²) >= 11 is 1.50.